The molecule has 0 bridgehead atoms. The minimum absolute atomic E-state index is 0.0936. The number of benzene rings is 2. The average molecular weight is 367 g/mol. The van der Waals surface area contributed by atoms with Gasteiger partial charge in [-0.15, -0.1) is 16.8 Å². The number of amides is 1. The van der Waals surface area contributed by atoms with Gasteiger partial charge in [-0.3, -0.25) is 4.79 Å². The van der Waals surface area contributed by atoms with Gasteiger partial charge in [-0.25, -0.2) is 0 Å². The first-order valence-electron chi connectivity index (χ1n) is 7.76. The second-order valence-electron chi connectivity index (χ2n) is 5.26. The van der Waals surface area contributed by atoms with Gasteiger partial charge in [0.25, 0.3) is 0 Å². The molecule has 0 fully saturated rings. The molecular formula is C19H17N3OS2. The molecule has 3 rings (SSSR count). The Hall–Kier alpha value is -2.44. The van der Waals surface area contributed by atoms with Gasteiger partial charge >= 0.3 is 0 Å². The summed E-state index contributed by atoms with van der Waals surface area (Å²) in [6, 6.07) is 18.2. The third-order valence-corrected chi connectivity index (χ3v) is 5.37. The van der Waals surface area contributed by atoms with Crippen LogP contribution in [-0.4, -0.2) is 21.9 Å². The van der Waals surface area contributed by atoms with Crippen molar-refractivity contribution in [2.75, 3.05) is 11.1 Å². The van der Waals surface area contributed by atoms with Crippen LogP contribution >= 0.6 is 23.1 Å². The number of aromatic nitrogens is 2. The Labute approximate surface area is 155 Å². The molecule has 126 valence electrons. The maximum absolute atomic E-state index is 12.2. The van der Waals surface area contributed by atoms with Crippen molar-refractivity contribution in [3.05, 3.63) is 72.8 Å². The van der Waals surface area contributed by atoms with E-state index in [0.717, 1.165) is 26.8 Å². The van der Waals surface area contributed by atoms with Crippen LogP contribution < -0.4 is 5.32 Å². The van der Waals surface area contributed by atoms with Gasteiger partial charge in [0.05, 0.1) is 6.42 Å². The van der Waals surface area contributed by atoms with E-state index in [9.17, 15) is 4.79 Å². The molecule has 0 saturated heterocycles. The van der Waals surface area contributed by atoms with E-state index in [0.29, 0.717) is 11.6 Å². The summed E-state index contributed by atoms with van der Waals surface area (Å²) in [6.45, 7) is 3.67. The fourth-order valence-electron chi connectivity index (χ4n) is 2.24. The number of rotatable bonds is 7. The largest absolute Gasteiger partial charge is 0.300 e. The zero-order chi connectivity index (χ0) is 17.5. The Balaban J connectivity index is 1.57. The zero-order valence-electron chi connectivity index (χ0n) is 13.5. The van der Waals surface area contributed by atoms with Crippen LogP contribution in [0.1, 0.15) is 5.56 Å². The molecule has 0 radical (unpaired) electrons. The molecular weight excluding hydrogens is 350 g/mol. The molecule has 0 atom stereocenters. The quantitative estimate of drug-likeness (QED) is 0.375. The number of hydrogen-bond donors (Lipinski definition) is 1. The summed E-state index contributed by atoms with van der Waals surface area (Å²) in [4.78, 5) is 12.2. The van der Waals surface area contributed by atoms with Crippen LogP contribution in [0, 0.1) is 0 Å². The van der Waals surface area contributed by atoms with Crippen molar-refractivity contribution in [3.63, 3.8) is 0 Å². The third-order valence-electron chi connectivity index (χ3n) is 3.40. The van der Waals surface area contributed by atoms with Crippen molar-refractivity contribution >= 4 is 34.1 Å². The fraction of sp³-hybridized carbons (Fsp3) is 0.105. The van der Waals surface area contributed by atoms with E-state index in [1.54, 1.807) is 11.8 Å². The summed E-state index contributed by atoms with van der Waals surface area (Å²) in [5.74, 6) is 0.681. The van der Waals surface area contributed by atoms with Crippen LogP contribution in [0.3, 0.4) is 0 Å². The van der Waals surface area contributed by atoms with E-state index in [2.05, 4.69) is 34.2 Å². The molecule has 0 aliphatic rings. The summed E-state index contributed by atoms with van der Waals surface area (Å²) in [6.07, 6.45) is 2.12. The lowest BCUT2D eigenvalue weighted by Crippen LogP contribution is -2.14. The molecule has 0 unspecified atom stereocenters. The summed E-state index contributed by atoms with van der Waals surface area (Å²) in [5.41, 5.74) is 3.26. The highest BCUT2D eigenvalue weighted by Gasteiger charge is 2.09. The maximum Gasteiger partial charge on any atom is 0.230 e. The molecule has 1 N–H and O–H groups in total. The second kappa shape index (κ2) is 8.60. The smallest absolute Gasteiger partial charge is 0.230 e. The Morgan fingerprint density at radius 3 is 2.52 bits per heavy atom. The van der Waals surface area contributed by atoms with Crippen molar-refractivity contribution in [2.24, 2.45) is 0 Å². The standard InChI is InChI=1S/C19H17N3OS2/c1-2-12-24-19-22-21-18(25-19)20-17(23)13-14-8-10-16(11-9-14)15-6-4-3-5-7-15/h2-11H,1,12-13H2,(H,20,21,23). The Kier molecular flexibility index (Phi) is 5.98. The lowest BCUT2D eigenvalue weighted by atomic mass is 10.0. The van der Waals surface area contributed by atoms with Crippen molar-refractivity contribution in [3.8, 4) is 11.1 Å². The van der Waals surface area contributed by atoms with Gasteiger partial charge in [-0.2, -0.15) is 0 Å². The van der Waals surface area contributed by atoms with E-state index >= 15 is 0 Å². The van der Waals surface area contributed by atoms with Crippen molar-refractivity contribution in [1.29, 1.82) is 0 Å². The fourth-order valence-corrected chi connectivity index (χ4v) is 3.77. The minimum Gasteiger partial charge on any atom is -0.300 e. The van der Waals surface area contributed by atoms with Gasteiger partial charge < -0.3 is 5.32 Å². The van der Waals surface area contributed by atoms with E-state index < -0.39 is 0 Å². The SMILES string of the molecule is C=CCSc1nnc(NC(=O)Cc2ccc(-c3ccccc3)cc2)s1. The van der Waals surface area contributed by atoms with Crippen LogP contribution in [0.5, 0.6) is 0 Å². The lowest BCUT2D eigenvalue weighted by Gasteiger charge is -2.04. The van der Waals surface area contributed by atoms with Gasteiger partial charge in [0, 0.05) is 5.75 Å². The third kappa shape index (κ3) is 5.01. The Bertz CT molecular complexity index is 845. The monoisotopic (exact) mass is 367 g/mol. The number of anilines is 1. The van der Waals surface area contributed by atoms with Crippen molar-refractivity contribution in [2.45, 2.75) is 10.8 Å². The molecule has 0 aliphatic heterocycles. The van der Waals surface area contributed by atoms with E-state index in [-0.39, 0.29) is 5.91 Å². The maximum atomic E-state index is 12.2. The summed E-state index contributed by atoms with van der Waals surface area (Å²) in [5, 5.41) is 11.3. The number of carbonyl (C=O) groups is 1. The summed E-state index contributed by atoms with van der Waals surface area (Å²) in [7, 11) is 0. The van der Waals surface area contributed by atoms with Crippen LogP contribution in [0.4, 0.5) is 5.13 Å². The van der Waals surface area contributed by atoms with Crippen molar-refractivity contribution < 1.29 is 4.79 Å². The van der Waals surface area contributed by atoms with Gasteiger partial charge in [0.15, 0.2) is 4.34 Å². The lowest BCUT2D eigenvalue weighted by molar-refractivity contribution is -0.115. The number of nitrogens with zero attached hydrogens (tertiary/aromatic N) is 2. The van der Waals surface area contributed by atoms with Gasteiger partial charge in [-0.1, -0.05) is 83.8 Å². The molecule has 6 heteroatoms. The zero-order valence-corrected chi connectivity index (χ0v) is 15.1. The predicted molar refractivity (Wildman–Crippen MR) is 105 cm³/mol. The molecule has 1 amide bonds. The Morgan fingerprint density at radius 1 is 1.08 bits per heavy atom. The first kappa shape index (κ1) is 17.4. The van der Waals surface area contributed by atoms with Crippen LogP contribution in [0.2, 0.25) is 0 Å². The normalized spacial score (nSPS) is 10.4. The van der Waals surface area contributed by atoms with Gasteiger partial charge in [0.2, 0.25) is 11.0 Å². The van der Waals surface area contributed by atoms with E-state index in [1.807, 2.05) is 48.5 Å². The van der Waals surface area contributed by atoms with Crippen LogP contribution in [0.25, 0.3) is 11.1 Å². The number of thioether (sulfide) groups is 1. The topological polar surface area (TPSA) is 54.9 Å². The molecule has 3 aromatic rings. The predicted octanol–water partition coefficient (Wildman–Crippen LogP) is 4.66. The van der Waals surface area contributed by atoms with Crippen molar-refractivity contribution in [1.82, 2.24) is 10.2 Å². The Morgan fingerprint density at radius 2 is 1.80 bits per heavy atom. The van der Waals surface area contributed by atoms with Gasteiger partial charge in [-0.05, 0) is 16.7 Å². The van der Waals surface area contributed by atoms with E-state index in [4.69, 9.17) is 0 Å². The summed E-state index contributed by atoms with van der Waals surface area (Å²) < 4.78 is 0.822. The molecule has 2 aromatic carbocycles. The number of carbonyl (C=O) groups excluding carboxylic acids is 1. The van der Waals surface area contributed by atoms with Crippen LogP contribution in [-0.2, 0) is 11.2 Å². The highest BCUT2D eigenvalue weighted by atomic mass is 32.2. The van der Waals surface area contributed by atoms with Gasteiger partial charge in [0.1, 0.15) is 0 Å². The first-order valence-corrected chi connectivity index (χ1v) is 9.56. The number of nitrogens with one attached hydrogen (secondary N) is 1. The summed E-state index contributed by atoms with van der Waals surface area (Å²) >= 11 is 2.92. The molecule has 0 saturated carbocycles. The molecule has 1 heterocycles. The second-order valence-corrected chi connectivity index (χ2v) is 7.51. The molecule has 1 aromatic heterocycles. The first-order chi connectivity index (χ1) is 12.2. The molecule has 4 nitrogen and oxygen atoms in total. The number of hydrogen-bond acceptors (Lipinski definition) is 5. The highest BCUT2D eigenvalue weighted by molar-refractivity contribution is 8.01. The molecule has 0 spiro atoms. The average Bonchev–Trinajstić information content (AvgIpc) is 3.08. The molecule has 25 heavy (non-hydrogen) atoms. The minimum atomic E-state index is -0.0936. The highest BCUT2D eigenvalue weighted by Crippen LogP contribution is 2.25. The molecule has 0 aliphatic carbocycles. The van der Waals surface area contributed by atoms with Crippen LogP contribution in [0.15, 0.2) is 71.6 Å². The van der Waals surface area contributed by atoms with E-state index in [1.165, 1.54) is 11.3 Å².